The van der Waals surface area contributed by atoms with E-state index in [2.05, 4.69) is 9.80 Å². The first-order valence-electron chi connectivity index (χ1n) is 13.1. The molecule has 2 aromatic heterocycles. The maximum absolute atomic E-state index is 12.5. The molecule has 0 atom stereocenters. The average Bonchev–Trinajstić information content (AvgIpc) is 3.47. The number of rotatable bonds is 4. The molecule has 1 aliphatic heterocycles. The SMILES string of the molecule is CC1(C)CC(=O)C(=Cc2ccc(N3CCN(c4ccc(C=C5C(=O)CC(C)(C)CC5=O)o4)CC3)o2)C(=O)C1. The van der Waals surface area contributed by atoms with Crippen LogP contribution in [0.15, 0.2) is 44.2 Å². The molecule has 0 radical (unpaired) electrons. The molecule has 38 heavy (non-hydrogen) atoms. The predicted octanol–water partition coefficient (Wildman–Crippen LogP) is 4.88. The molecule has 1 saturated heterocycles. The van der Waals surface area contributed by atoms with Gasteiger partial charge >= 0.3 is 0 Å². The Labute approximate surface area is 222 Å². The number of hydrogen-bond donors (Lipinski definition) is 0. The van der Waals surface area contributed by atoms with Crippen LogP contribution in [-0.4, -0.2) is 49.3 Å². The van der Waals surface area contributed by atoms with Crippen molar-refractivity contribution >= 4 is 47.1 Å². The number of ketones is 4. The standard InChI is InChI=1S/C30H34N2O6/c1-29(2)15-23(33)21(24(34)16-29)13-19-5-7-27(37-19)31-9-11-32(12-10-31)28-8-6-20(38-28)14-22-25(35)17-30(3,4)18-26(22)36/h5-8,13-14H,9-12,15-18H2,1-4H3. The van der Waals surface area contributed by atoms with Crippen LogP contribution in [0.3, 0.4) is 0 Å². The number of piperazine rings is 1. The Bertz CT molecular complexity index is 1210. The first-order valence-corrected chi connectivity index (χ1v) is 13.1. The smallest absolute Gasteiger partial charge is 0.196 e. The van der Waals surface area contributed by atoms with Gasteiger partial charge in [-0.15, -0.1) is 0 Å². The van der Waals surface area contributed by atoms with Gasteiger partial charge in [0, 0.05) is 64.0 Å². The molecule has 0 N–H and O–H groups in total. The van der Waals surface area contributed by atoms with Crippen molar-refractivity contribution in [2.24, 2.45) is 10.8 Å². The minimum atomic E-state index is -0.299. The van der Waals surface area contributed by atoms with Crippen molar-refractivity contribution in [3.63, 3.8) is 0 Å². The molecule has 3 heterocycles. The van der Waals surface area contributed by atoms with Crippen LogP contribution in [0.25, 0.3) is 12.2 Å². The largest absolute Gasteiger partial charge is 0.441 e. The highest BCUT2D eigenvalue weighted by Crippen LogP contribution is 2.36. The lowest BCUT2D eigenvalue weighted by Gasteiger charge is -2.34. The summed E-state index contributed by atoms with van der Waals surface area (Å²) in [4.78, 5) is 54.2. The second-order valence-electron chi connectivity index (χ2n) is 12.2. The fourth-order valence-electron chi connectivity index (χ4n) is 5.49. The number of hydrogen-bond acceptors (Lipinski definition) is 8. The summed E-state index contributed by atoms with van der Waals surface area (Å²) in [5.41, 5.74) is -0.155. The van der Waals surface area contributed by atoms with Crippen LogP contribution >= 0.6 is 0 Å². The molecular formula is C30H34N2O6. The highest BCUT2D eigenvalue weighted by molar-refractivity contribution is 6.25. The third-order valence-corrected chi connectivity index (χ3v) is 7.46. The van der Waals surface area contributed by atoms with Gasteiger partial charge in [0.15, 0.2) is 34.9 Å². The molecule has 2 aliphatic carbocycles. The van der Waals surface area contributed by atoms with Crippen molar-refractivity contribution in [2.45, 2.75) is 53.4 Å². The van der Waals surface area contributed by atoms with Crippen molar-refractivity contribution in [2.75, 3.05) is 36.0 Å². The lowest BCUT2D eigenvalue weighted by molar-refractivity contribution is -0.128. The van der Waals surface area contributed by atoms with Gasteiger partial charge < -0.3 is 18.6 Å². The Balaban J connectivity index is 1.21. The summed E-state index contributed by atoms with van der Waals surface area (Å²) < 4.78 is 11.9. The minimum Gasteiger partial charge on any atom is -0.441 e. The number of Topliss-reactive ketones (excluding diaryl/α,β-unsaturated/α-hetero) is 4. The van der Waals surface area contributed by atoms with Crippen LogP contribution in [-0.2, 0) is 19.2 Å². The molecule has 2 saturated carbocycles. The number of nitrogens with zero attached hydrogens (tertiary/aromatic N) is 2. The lowest BCUT2D eigenvalue weighted by Crippen LogP contribution is -2.46. The second kappa shape index (κ2) is 9.57. The summed E-state index contributed by atoms with van der Waals surface area (Å²) in [6, 6.07) is 7.30. The van der Waals surface area contributed by atoms with E-state index in [0.717, 1.165) is 0 Å². The Morgan fingerprint density at radius 1 is 0.579 bits per heavy atom. The van der Waals surface area contributed by atoms with Crippen LogP contribution < -0.4 is 9.80 Å². The fraction of sp³-hybridized carbons (Fsp3) is 0.467. The summed E-state index contributed by atoms with van der Waals surface area (Å²) in [5, 5.41) is 0. The Morgan fingerprint density at radius 3 is 1.21 bits per heavy atom. The molecule has 0 aromatic carbocycles. The fourth-order valence-corrected chi connectivity index (χ4v) is 5.49. The Hall–Kier alpha value is -3.68. The third kappa shape index (κ3) is 5.44. The summed E-state index contributed by atoms with van der Waals surface area (Å²) in [6.45, 7) is 10.5. The summed E-state index contributed by atoms with van der Waals surface area (Å²) in [5.74, 6) is 1.85. The molecule has 0 unspecified atom stereocenters. The van der Waals surface area contributed by atoms with E-state index in [1.165, 1.54) is 0 Å². The molecule has 8 heteroatoms. The molecule has 0 amide bonds. The van der Waals surface area contributed by atoms with Crippen LogP contribution in [0.4, 0.5) is 11.8 Å². The van der Waals surface area contributed by atoms with Crippen LogP contribution in [0.1, 0.15) is 64.9 Å². The first kappa shape index (κ1) is 25.9. The second-order valence-corrected chi connectivity index (χ2v) is 12.2. The zero-order valence-electron chi connectivity index (χ0n) is 22.5. The number of anilines is 2. The topological polar surface area (TPSA) is 101 Å². The number of furan rings is 2. The van der Waals surface area contributed by atoms with Gasteiger partial charge in [0.25, 0.3) is 0 Å². The van der Waals surface area contributed by atoms with Crippen molar-refractivity contribution in [1.29, 1.82) is 0 Å². The molecular weight excluding hydrogens is 484 g/mol. The summed E-state index contributed by atoms with van der Waals surface area (Å²) in [7, 11) is 0. The van der Waals surface area contributed by atoms with Crippen molar-refractivity contribution in [3.8, 4) is 0 Å². The van der Waals surface area contributed by atoms with Crippen molar-refractivity contribution in [3.05, 3.63) is 46.9 Å². The Kier molecular flexibility index (Phi) is 6.53. The molecule has 2 aromatic rings. The number of carbonyl (C=O) groups excluding carboxylic acids is 4. The Morgan fingerprint density at radius 2 is 0.895 bits per heavy atom. The highest BCUT2D eigenvalue weighted by atomic mass is 16.4. The van der Waals surface area contributed by atoms with E-state index < -0.39 is 0 Å². The molecule has 0 spiro atoms. The van der Waals surface area contributed by atoms with Gasteiger partial charge in [-0.3, -0.25) is 19.2 Å². The van der Waals surface area contributed by atoms with Crippen molar-refractivity contribution < 1.29 is 28.0 Å². The number of carbonyl (C=O) groups is 4. The van der Waals surface area contributed by atoms with E-state index in [1.807, 2.05) is 39.8 Å². The quantitative estimate of drug-likeness (QED) is 0.417. The van der Waals surface area contributed by atoms with E-state index in [4.69, 9.17) is 8.83 Å². The molecule has 3 fully saturated rings. The van der Waals surface area contributed by atoms with Crippen molar-refractivity contribution in [1.82, 2.24) is 0 Å². The lowest BCUT2D eigenvalue weighted by atomic mass is 9.74. The highest BCUT2D eigenvalue weighted by Gasteiger charge is 2.36. The van der Waals surface area contributed by atoms with Gasteiger partial charge in [-0.05, 0) is 35.1 Å². The third-order valence-electron chi connectivity index (χ3n) is 7.46. The average molecular weight is 519 g/mol. The zero-order chi connectivity index (χ0) is 27.2. The van der Waals surface area contributed by atoms with E-state index in [1.54, 1.807) is 24.3 Å². The normalized spacial score (nSPS) is 21.8. The van der Waals surface area contributed by atoms with Crippen LogP contribution in [0.2, 0.25) is 0 Å². The predicted molar refractivity (Wildman–Crippen MR) is 144 cm³/mol. The van der Waals surface area contributed by atoms with E-state index in [-0.39, 0.29) is 45.1 Å². The van der Waals surface area contributed by atoms with E-state index >= 15 is 0 Å². The van der Waals surface area contributed by atoms with Crippen LogP contribution in [0.5, 0.6) is 0 Å². The maximum atomic E-state index is 12.5. The van der Waals surface area contributed by atoms with Crippen LogP contribution in [0, 0.1) is 10.8 Å². The molecule has 3 aliphatic rings. The molecule has 8 nitrogen and oxygen atoms in total. The molecule has 0 bridgehead atoms. The van der Waals surface area contributed by atoms with Gasteiger partial charge in [-0.2, -0.15) is 0 Å². The van der Waals surface area contributed by atoms with Gasteiger partial charge in [0.05, 0.1) is 11.1 Å². The maximum Gasteiger partial charge on any atom is 0.196 e. The molecule has 5 rings (SSSR count). The van der Waals surface area contributed by atoms with E-state index in [0.29, 0.717) is 75.2 Å². The summed E-state index contributed by atoms with van der Waals surface area (Å²) in [6.07, 6.45) is 4.57. The molecule has 200 valence electrons. The van der Waals surface area contributed by atoms with Gasteiger partial charge in [0.2, 0.25) is 0 Å². The summed E-state index contributed by atoms with van der Waals surface area (Å²) >= 11 is 0. The number of allylic oxidation sites excluding steroid dienone is 2. The van der Waals surface area contributed by atoms with E-state index in [9.17, 15) is 19.2 Å². The monoisotopic (exact) mass is 518 g/mol. The van der Waals surface area contributed by atoms with Gasteiger partial charge in [-0.25, -0.2) is 0 Å². The first-order chi connectivity index (χ1) is 17.9. The zero-order valence-corrected chi connectivity index (χ0v) is 22.5. The minimum absolute atomic E-state index is 0.132. The van der Waals surface area contributed by atoms with Gasteiger partial charge in [-0.1, -0.05) is 27.7 Å². The van der Waals surface area contributed by atoms with Gasteiger partial charge in [0.1, 0.15) is 11.5 Å².